The summed E-state index contributed by atoms with van der Waals surface area (Å²) in [5.41, 5.74) is -1.42. The number of hydrogen-bond acceptors (Lipinski definition) is 3. The zero-order chi connectivity index (χ0) is 13.4. The van der Waals surface area contributed by atoms with Gasteiger partial charge >= 0.3 is 6.03 Å². The monoisotopic (exact) mass is 240 g/mol. The first kappa shape index (κ1) is 13.7. The summed E-state index contributed by atoms with van der Waals surface area (Å²) in [5, 5.41) is 2.62. The van der Waals surface area contributed by atoms with Gasteiger partial charge in [-0.3, -0.25) is 14.5 Å². The quantitative estimate of drug-likeness (QED) is 0.757. The molecule has 1 saturated heterocycles. The van der Waals surface area contributed by atoms with E-state index < -0.39 is 17.0 Å². The van der Waals surface area contributed by atoms with Crippen molar-refractivity contribution in [1.82, 2.24) is 10.2 Å². The molecule has 5 nitrogen and oxygen atoms in total. The molecule has 1 fully saturated rings. The molecule has 0 spiro atoms. The molecular weight excluding hydrogens is 220 g/mol. The van der Waals surface area contributed by atoms with Crippen molar-refractivity contribution in [2.24, 2.45) is 5.41 Å². The third-order valence-electron chi connectivity index (χ3n) is 3.19. The first-order valence-corrected chi connectivity index (χ1v) is 5.79. The lowest BCUT2D eigenvalue weighted by atomic mass is 9.90. The molecule has 0 aliphatic carbocycles. The Morgan fingerprint density at radius 2 is 1.88 bits per heavy atom. The molecule has 1 aliphatic heterocycles. The first-order chi connectivity index (χ1) is 7.62. The number of nitrogens with one attached hydrogen (secondary N) is 1. The predicted octanol–water partition coefficient (Wildman–Crippen LogP) is 1.32. The van der Waals surface area contributed by atoms with Crippen molar-refractivity contribution in [1.29, 1.82) is 0 Å². The number of rotatable bonds is 3. The van der Waals surface area contributed by atoms with E-state index in [-0.39, 0.29) is 18.2 Å². The molecule has 0 unspecified atom stereocenters. The molecule has 5 heteroatoms. The number of amides is 3. The SMILES string of the molecule is CC[C@@]1(C)NC(=O)N(CC(=O)C(C)(C)C)C1=O. The van der Waals surface area contributed by atoms with Gasteiger partial charge in [-0.2, -0.15) is 0 Å². The molecule has 0 saturated carbocycles. The van der Waals surface area contributed by atoms with Crippen molar-refractivity contribution < 1.29 is 14.4 Å². The van der Waals surface area contributed by atoms with Gasteiger partial charge in [0.2, 0.25) is 0 Å². The highest BCUT2D eigenvalue weighted by molar-refractivity contribution is 6.09. The van der Waals surface area contributed by atoms with Crippen LogP contribution in [0.15, 0.2) is 0 Å². The number of hydrogen-bond donors (Lipinski definition) is 1. The van der Waals surface area contributed by atoms with Gasteiger partial charge in [-0.25, -0.2) is 4.79 Å². The Hall–Kier alpha value is -1.39. The van der Waals surface area contributed by atoms with Crippen LogP contribution in [0.1, 0.15) is 41.0 Å². The maximum absolute atomic E-state index is 12.0. The lowest BCUT2D eigenvalue weighted by Gasteiger charge is -2.22. The molecular formula is C12H20N2O3. The minimum absolute atomic E-state index is 0.124. The number of ketones is 1. The van der Waals surface area contributed by atoms with Gasteiger partial charge in [-0.05, 0) is 13.3 Å². The molecule has 3 amide bonds. The molecule has 0 aromatic heterocycles. The van der Waals surface area contributed by atoms with E-state index in [9.17, 15) is 14.4 Å². The van der Waals surface area contributed by atoms with Gasteiger partial charge in [-0.1, -0.05) is 27.7 Å². The van der Waals surface area contributed by atoms with E-state index in [1.165, 1.54) is 0 Å². The standard InChI is InChI=1S/C12H20N2O3/c1-6-12(5)9(16)14(10(17)13-12)7-8(15)11(2,3)4/h6-7H2,1-5H3,(H,13,17)/t12-/m1/s1. The molecule has 0 bridgehead atoms. The fourth-order valence-electron chi connectivity index (χ4n) is 1.51. The van der Waals surface area contributed by atoms with Gasteiger partial charge < -0.3 is 5.32 Å². The maximum atomic E-state index is 12.0. The number of nitrogens with zero attached hydrogens (tertiary/aromatic N) is 1. The number of imide groups is 1. The molecule has 1 N–H and O–H groups in total. The second-order valence-corrected chi connectivity index (χ2v) is 5.68. The zero-order valence-corrected chi connectivity index (χ0v) is 11.1. The third kappa shape index (κ3) is 2.48. The molecule has 0 aromatic rings. The molecule has 1 aliphatic rings. The Kier molecular flexibility index (Phi) is 3.32. The van der Waals surface area contributed by atoms with Crippen LogP contribution < -0.4 is 5.32 Å². The van der Waals surface area contributed by atoms with E-state index in [0.717, 1.165) is 4.90 Å². The normalized spacial score (nSPS) is 25.1. The molecule has 0 aromatic carbocycles. The van der Waals surface area contributed by atoms with Gasteiger partial charge in [0.15, 0.2) is 5.78 Å². The van der Waals surface area contributed by atoms with Gasteiger partial charge in [-0.15, -0.1) is 0 Å². The summed E-state index contributed by atoms with van der Waals surface area (Å²) < 4.78 is 0. The van der Waals surface area contributed by atoms with Crippen LogP contribution in [0, 0.1) is 5.41 Å². The zero-order valence-electron chi connectivity index (χ0n) is 11.1. The smallest absolute Gasteiger partial charge is 0.323 e. The van der Waals surface area contributed by atoms with E-state index in [0.29, 0.717) is 6.42 Å². The Labute approximate surface area is 102 Å². The van der Waals surface area contributed by atoms with Crippen LogP contribution in [0.25, 0.3) is 0 Å². The number of urea groups is 1. The summed E-state index contributed by atoms with van der Waals surface area (Å²) >= 11 is 0. The summed E-state index contributed by atoms with van der Waals surface area (Å²) in [5.74, 6) is -0.441. The van der Waals surface area contributed by atoms with Crippen LogP contribution in [-0.2, 0) is 9.59 Å². The van der Waals surface area contributed by atoms with E-state index in [1.54, 1.807) is 27.7 Å². The van der Waals surface area contributed by atoms with E-state index in [2.05, 4.69) is 5.32 Å². The van der Waals surface area contributed by atoms with Crippen LogP contribution in [0.5, 0.6) is 0 Å². The van der Waals surface area contributed by atoms with Crippen molar-refractivity contribution >= 4 is 17.7 Å². The highest BCUT2D eigenvalue weighted by Gasteiger charge is 2.47. The summed E-state index contributed by atoms with van der Waals surface area (Å²) in [6.07, 6.45) is 0.512. The van der Waals surface area contributed by atoms with Crippen LogP contribution in [0.3, 0.4) is 0 Å². The molecule has 1 atom stereocenters. The molecule has 96 valence electrons. The van der Waals surface area contributed by atoms with Gasteiger partial charge in [0.25, 0.3) is 5.91 Å². The van der Waals surface area contributed by atoms with Gasteiger partial charge in [0, 0.05) is 5.41 Å². The Balaban J connectivity index is 2.84. The molecule has 1 rings (SSSR count). The van der Waals surface area contributed by atoms with Crippen molar-refractivity contribution in [3.63, 3.8) is 0 Å². The topological polar surface area (TPSA) is 66.5 Å². The Morgan fingerprint density at radius 3 is 2.24 bits per heavy atom. The molecule has 17 heavy (non-hydrogen) atoms. The average molecular weight is 240 g/mol. The minimum atomic E-state index is -0.866. The Bertz CT molecular complexity index is 370. The van der Waals surface area contributed by atoms with Crippen LogP contribution in [0.4, 0.5) is 4.79 Å². The summed E-state index contributed by atoms with van der Waals surface area (Å²) in [7, 11) is 0. The van der Waals surface area contributed by atoms with Crippen molar-refractivity contribution in [2.45, 2.75) is 46.6 Å². The van der Waals surface area contributed by atoms with Crippen LogP contribution in [0.2, 0.25) is 0 Å². The van der Waals surface area contributed by atoms with Gasteiger partial charge in [0.05, 0.1) is 6.54 Å². The predicted molar refractivity (Wildman–Crippen MR) is 63.4 cm³/mol. The van der Waals surface area contributed by atoms with Gasteiger partial charge in [0.1, 0.15) is 5.54 Å². The lowest BCUT2D eigenvalue weighted by molar-refractivity contribution is -0.136. The number of carbonyl (C=O) groups excluding carboxylic acids is 3. The highest BCUT2D eigenvalue weighted by atomic mass is 16.2. The molecule has 1 heterocycles. The fourth-order valence-corrected chi connectivity index (χ4v) is 1.51. The third-order valence-corrected chi connectivity index (χ3v) is 3.19. The summed E-state index contributed by atoms with van der Waals surface area (Å²) in [6, 6.07) is -0.475. The van der Waals surface area contributed by atoms with Crippen molar-refractivity contribution in [2.75, 3.05) is 6.54 Å². The van der Waals surface area contributed by atoms with Crippen molar-refractivity contribution in [3.05, 3.63) is 0 Å². The van der Waals surface area contributed by atoms with E-state index in [4.69, 9.17) is 0 Å². The maximum Gasteiger partial charge on any atom is 0.325 e. The Morgan fingerprint density at radius 1 is 1.35 bits per heavy atom. The first-order valence-electron chi connectivity index (χ1n) is 5.79. The second kappa shape index (κ2) is 4.13. The van der Waals surface area contributed by atoms with E-state index in [1.807, 2.05) is 6.92 Å². The highest BCUT2D eigenvalue weighted by Crippen LogP contribution is 2.22. The van der Waals surface area contributed by atoms with Crippen LogP contribution >= 0.6 is 0 Å². The largest absolute Gasteiger partial charge is 0.325 e. The number of carbonyl (C=O) groups is 3. The van der Waals surface area contributed by atoms with Crippen molar-refractivity contribution in [3.8, 4) is 0 Å². The number of Topliss-reactive ketones (excluding diaryl/α,β-unsaturated/α-hetero) is 1. The molecule has 0 radical (unpaired) electrons. The average Bonchev–Trinajstić information content (AvgIpc) is 2.41. The fraction of sp³-hybridized carbons (Fsp3) is 0.750. The lowest BCUT2D eigenvalue weighted by Crippen LogP contribution is -2.44. The second-order valence-electron chi connectivity index (χ2n) is 5.68. The minimum Gasteiger partial charge on any atom is -0.323 e. The van der Waals surface area contributed by atoms with Crippen LogP contribution in [-0.4, -0.2) is 34.7 Å². The van der Waals surface area contributed by atoms with E-state index >= 15 is 0 Å². The summed E-state index contributed by atoms with van der Waals surface area (Å²) in [4.78, 5) is 36.5. The summed E-state index contributed by atoms with van der Waals surface area (Å²) in [6.45, 7) is 8.66.